The van der Waals surface area contributed by atoms with E-state index >= 15 is 0 Å². The fourth-order valence-electron chi connectivity index (χ4n) is 1.95. The van der Waals surface area contributed by atoms with Gasteiger partial charge < -0.3 is 20.3 Å². The van der Waals surface area contributed by atoms with Crippen molar-refractivity contribution in [3.8, 4) is 17.2 Å². The smallest absolute Gasteiger partial charge is 0.263 e. The molecule has 0 bridgehead atoms. The van der Waals surface area contributed by atoms with Gasteiger partial charge in [-0.2, -0.15) is 0 Å². The fraction of sp³-hybridized carbons (Fsp3) is 0.235. The summed E-state index contributed by atoms with van der Waals surface area (Å²) in [5.41, 5.74) is -0.532. The molecule has 2 aromatic carbocycles. The minimum Gasteiger partial charge on any atom is -0.504 e. The monoisotopic (exact) mass is 369 g/mol. The van der Waals surface area contributed by atoms with Crippen molar-refractivity contribution in [3.05, 3.63) is 52.0 Å². The molecule has 0 aliphatic heterocycles. The van der Waals surface area contributed by atoms with Gasteiger partial charge in [-0.05, 0) is 49.7 Å². The van der Waals surface area contributed by atoms with E-state index in [4.69, 9.17) is 27.9 Å². The Balaban J connectivity index is 2.02. The number of benzene rings is 2. The molecule has 1 amide bonds. The molecule has 0 aromatic heterocycles. The summed E-state index contributed by atoms with van der Waals surface area (Å²) >= 11 is 11.9. The summed E-state index contributed by atoms with van der Waals surface area (Å²) in [5, 5.41) is 22.2. The number of ether oxygens (including phenoxy) is 1. The van der Waals surface area contributed by atoms with Gasteiger partial charge in [0.25, 0.3) is 5.91 Å². The summed E-state index contributed by atoms with van der Waals surface area (Å²) in [7, 11) is 0. The standard InChI is InChI=1S/C17H17Cl2NO4/c1-17(2,24-15-6-4-11(18)8-12(15)19)16(23)20-9-10-3-5-13(21)14(22)7-10/h3-8,21-22H,9H2,1-2H3,(H,20,23). The number of carbonyl (C=O) groups excluding carboxylic acids is 1. The third-order valence-corrected chi connectivity index (χ3v) is 3.83. The Bertz CT molecular complexity index is 762. The van der Waals surface area contributed by atoms with Crippen molar-refractivity contribution in [2.75, 3.05) is 0 Å². The van der Waals surface area contributed by atoms with E-state index in [1.54, 1.807) is 32.0 Å². The lowest BCUT2D eigenvalue weighted by atomic mass is 10.1. The van der Waals surface area contributed by atoms with Gasteiger partial charge in [-0.3, -0.25) is 4.79 Å². The van der Waals surface area contributed by atoms with Crippen LogP contribution in [0.15, 0.2) is 36.4 Å². The van der Waals surface area contributed by atoms with Gasteiger partial charge in [0.2, 0.25) is 0 Å². The maximum absolute atomic E-state index is 12.4. The number of aromatic hydroxyl groups is 2. The van der Waals surface area contributed by atoms with E-state index in [9.17, 15) is 15.0 Å². The van der Waals surface area contributed by atoms with Crippen LogP contribution in [0.3, 0.4) is 0 Å². The van der Waals surface area contributed by atoms with E-state index < -0.39 is 5.60 Å². The van der Waals surface area contributed by atoms with Crippen molar-refractivity contribution in [1.29, 1.82) is 0 Å². The highest BCUT2D eigenvalue weighted by atomic mass is 35.5. The number of phenolic OH excluding ortho intramolecular Hbond substituents is 2. The molecular formula is C17H17Cl2NO4. The zero-order chi connectivity index (χ0) is 17.9. The van der Waals surface area contributed by atoms with Gasteiger partial charge in [-0.1, -0.05) is 29.3 Å². The van der Waals surface area contributed by atoms with Crippen molar-refractivity contribution in [3.63, 3.8) is 0 Å². The number of rotatable bonds is 5. The maximum Gasteiger partial charge on any atom is 0.263 e. The molecule has 0 atom stereocenters. The zero-order valence-corrected chi connectivity index (χ0v) is 14.6. The second-order valence-corrected chi connectivity index (χ2v) is 6.54. The van der Waals surface area contributed by atoms with E-state index in [1.165, 1.54) is 18.2 Å². The molecule has 3 N–H and O–H groups in total. The number of carbonyl (C=O) groups is 1. The van der Waals surface area contributed by atoms with E-state index in [1.807, 2.05) is 0 Å². The number of nitrogens with one attached hydrogen (secondary N) is 1. The molecular weight excluding hydrogens is 353 g/mol. The molecule has 7 heteroatoms. The lowest BCUT2D eigenvalue weighted by molar-refractivity contribution is -0.134. The maximum atomic E-state index is 12.4. The molecule has 0 radical (unpaired) electrons. The van der Waals surface area contributed by atoms with Crippen LogP contribution in [-0.2, 0) is 11.3 Å². The van der Waals surface area contributed by atoms with E-state index in [0.29, 0.717) is 21.4 Å². The third kappa shape index (κ3) is 4.46. The van der Waals surface area contributed by atoms with Crippen molar-refractivity contribution in [2.24, 2.45) is 0 Å². The highest BCUT2D eigenvalue weighted by Gasteiger charge is 2.30. The minimum atomic E-state index is -1.17. The predicted octanol–water partition coefficient (Wildman–Crippen LogP) is 3.88. The van der Waals surface area contributed by atoms with Gasteiger partial charge in [-0.25, -0.2) is 0 Å². The molecule has 0 unspecified atom stereocenters. The summed E-state index contributed by atoms with van der Waals surface area (Å²) < 4.78 is 5.69. The lowest BCUT2D eigenvalue weighted by Gasteiger charge is -2.26. The van der Waals surface area contributed by atoms with Crippen LogP contribution in [-0.4, -0.2) is 21.7 Å². The Hall–Kier alpha value is -2.11. The first kappa shape index (κ1) is 18.2. The summed E-state index contributed by atoms with van der Waals surface area (Å²) in [6.07, 6.45) is 0. The first-order chi connectivity index (χ1) is 11.2. The first-order valence-electron chi connectivity index (χ1n) is 7.12. The fourth-order valence-corrected chi connectivity index (χ4v) is 2.40. The molecule has 2 aromatic rings. The Morgan fingerprint density at radius 2 is 1.83 bits per heavy atom. The molecule has 2 rings (SSSR count). The molecule has 0 fully saturated rings. The van der Waals surface area contributed by atoms with Crippen LogP contribution in [0.4, 0.5) is 0 Å². The lowest BCUT2D eigenvalue weighted by Crippen LogP contribution is -2.46. The summed E-state index contributed by atoms with van der Waals surface area (Å²) in [4.78, 5) is 12.4. The molecule has 0 spiro atoms. The Labute approximate surface area is 149 Å². The molecule has 128 valence electrons. The van der Waals surface area contributed by atoms with Crippen LogP contribution in [0.1, 0.15) is 19.4 Å². The Kier molecular flexibility index (Phi) is 5.47. The topological polar surface area (TPSA) is 78.8 Å². The molecule has 0 saturated carbocycles. The summed E-state index contributed by atoms with van der Waals surface area (Å²) in [6.45, 7) is 3.40. The normalized spacial score (nSPS) is 11.2. The zero-order valence-electron chi connectivity index (χ0n) is 13.1. The molecule has 0 heterocycles. The van der Waals surface area contributed by atoms with E-state index in [0.717, 1.165) is 0 Å². The quantitative estimate of drug-likeness (QED) is 0.698. The number of phenols is 2. The van der Waals surface area contributed by atoms with Gasteiger partial charge in [0.05, 0.1) is 5.02 Å². The SMILES string of the molecule is CC(C)(Oc1ccc(Cl)cc1Cl)C(=O)NCc1ccc(O)c(O)c1. The highest BCUT2D eigenvalue weighted by molar-refractivity contribution is 6.35. The van der Waals surface area contributed by atoms with Gasteiger partial charge in [0.15, 0.2) is 17.1 Å². The highest BCUT2D eigenvalue weighted by Crippen LogP contribution is 2.30. The number of hydrogen-bond donors (Lipinski definition) is 3. The van der Waals surface area contributed by atoms with Crippen LogP contribution in [0.2, 0.25) is 10.0 Å². The van der Waals surface area contributed by atoms with Crippen molar-refractivity contribution >= 4 is 29.1 Å². The van der Waals surface area contributed by atoms with Crippen LogP contribution in [0.5, 0.6) is 17.2 Å². The van der Waals surface area contributed by atoms with E-state index in [2.05, 4.69) is 5.32 Å². The predicted molar refractivity (Wildman–Crippen MR) is 92.8 cm³/mol. The van der Waals surface area contributed by atoms with Crippen molar-refractivity contribution in [1.82, 2.24) is 5.32 Å². The Morgan fingerprint density at radius 1 is 1.12 bits per heavy atom. The summed E-state index contributed by atoms with van der Waals surface area (Å²) in [5.74, 6) is -0.471. The largest absolute Gasteiger partial charge is 0.504 e. The van der Waals surface area contributed by atoms with Gasteiger partial charge in [0, 0.05) is 11.6 Å². The van der Waals surface area contributed by atoms with Gasteiger partial charge >= 0.3 is 0 Å². The molecule has 5 nitrogen and oxygen atoms in total. The van der Waals surface area contributed by atoms with Crippen molar-refractivity contribution in [2.45, 2.75) is 26.0 Å². The number of hydrogen-bond acceptors (Lipinski definition) is 4. The molecule has 0 aliphatic rings. The van der Waals surface area contributed by atoms with Crippen LogP contribution < -0.4 is 10.1 Å². The number of amides is 1. The van der Waals surface area contributed by atoms with Crippen molar-refractivity contribution < 1.29 is 19.7 Å². The van der Waals surface area contributed by atoms with E-state index in [-0.39, 0.29) is 24.0 Å². The first-order valence-corrected chi connectivity index (χ1v) is 7.88. The van der Waals surface area contributed by atoms with Gasteiger partial charge in [-0.15, -0.1) is 0 Å². The molecule has 24 heavy (non-hydrogen) atoms. The second kappa shape index (κ2) is 7.20. The molecule has 0 aliphatic carbocycles. The third-order valence-electron chi connectivity index (χ3n) is 3.30. The average Bonchev–Trinajstić information content (AvgIpc) is 2.51. The van der Waals surface area contributed by atoms with Gasteiger partial charge in [0.1, 0.15) is 5.75 Å². The Morgan fingerprint density at radius 3 is 2.46 bits per heavy atom. The van der Waals surface area contributed by atoms with Crippen LogP contribution in [0, 0.1) is 0 Å². The minimum absolute atomic E-state index is 0.174. The van der Waals surface area contributed by atoms with Crippen LogP contribution >= 0.6 is 23.2 Å². The second-order valence-electron chi connectivity index (χ2n) is 5.69. The summed E-state index contributed by atoms with van der Waals surface area (Å²) in [6, 6.07) is 9.07. The molecule has 0 saturated heterocycles. The average molecular weight is 370 g/mol. The van der Waals surface area contributed by atoms with Crippen LogP contribution in [0.25, 0.3) is 0 Å². The number of halogens is 2.